The third-order valence-corrected chi connectivity index (χ3v) is 2.54. The molecular weight excluding hydrogens is 236 g/mol. The molecule has 96 valence electrons. The van der Waals surface area contributed by atoms with Gasteiger partial charge in [-0.2, -0.15) is 5.10 Å². The Bertz CT molecular complexity index is 562. The van der Waals surface area contributed by atoms with Crippen LogP contribution in [-0.2, 0) is 0 Å². The van der Waals surface area contributed by atoms with E-state index in [9.17, 15) is 0 Å². The first-order valence-electron chi connectivity index (χ1n) is 6.04. The Morgan fingerprint density at radius 3 is 2.53 bits per heavy atom. The molecule has 0 heterocycles. The van der Waals surface area contributed by atoms with Crippen LogP contribution < -0.4 is 10.2 Å². The third kappa shape index (κ3) is 4.00. The number of hydrazone groups is 1. The Kier molecular flexibility index (Phi) is 4.76. The number of hydrogen-bond donors (Lipinski definition) is 1. The molecule has 19 heavy (non-hydrogen) atoms. The largest absolute Gasteiger partial charge is 0.496 e. The van der Waals surface area contributed by atoms with E-state index in [4.69, 9.17) is 4.74 Å². The standard InChI is InChI=1S/C16H16N2O/c1-19-16-12-6-5-8-14(16)9-7-13-17-18-15-10-3-2-4-11-15/h2-13,18H,1H3/b9-7+,17-13+. The van der Waals surface area contributed by atoms with Crippen LogP contribution in [0.4, 0.5) is 5.69 Å². The monoisotopic (exact) mass is 252 g/mol. The molecule has 0 aliphatic rings. The minimum atomic E-state index is 0.850. The molecule has 3 nitrogen and oxygen atoms in total. The van der Waals surface area contributed by atoms with E-state index in [-0.39, 0.29) is 0 Å². The Balaban J connectivity index is 1.93. The lowest BCUT2D eigenvalue weighted by Crippen LogP contribution is -1.87. The van der Waals surface area contributed by atoms with Crippen LogP contribution in [0, 0.1) is 0 Å². The highest BCUT2D eigenvalue weighted by Gasteiger charge is 1.94. The van der Waals surface area contributed by atoms with Gasteiger partial charge in [0.15, 0.2) is 0 Å². The number of methoxy groups -OCH3 is 1. The summed E-state index contributed by atoms with van der Waals surface area (Å²) < 4.78 is 5.26. The summed E-state index contributed by atoms with van der Waals surface area (Å²) >= 11 is 0. The molecule has 0 radical (unpaired) electrons. The molecule has 0 saturated carbocycles. The van der Waals surface area contributed by atoms with Gasteiger partial charge in [0, 0.05) is 11.8 Å². The molecular formula is C16H16N2O. The predicted molar refractivity (Wildman–Crippen MR) is 80.6 cm³/mol. The first-order valence-corrected chi connectivity index (χ1v) is 6.04. The first-order chi connectivity index (χ1) is 9.40. The zero-order valence-electron chi connectivity index (χ0n) is 10.8. The van der Waals surface area contributed by atoms with Crippen molar-refractivity contribution in [3.63, 3.8) is 0 Å². The van der Waals surface area contributed by atoms with Crippen molar-refractivity contribution in [1.29, 1.82) is 0 Å². The second-order valence-corrected chi connectivity index (χ2v) is 3.86. The predicted octanol–water partition coefficient (Wildman–Crippen LogP) is 3.81. The van der Waals surface area contributed by atoms with Crippen molar-refractivity contribution in [3.8, 4) is 5.75 Å². The lowest BCUT2D eigenvalue weighted by molar-refractivity contribution is 0.414. The number of hydrogen-bond acceptors (Lipinski definition) is 3. The van der Waals surface area contributed by atoms with Crippen LogP contribution >= 0.6 is 0 Å². The molecule has 0 aliphatic carbocycles. The number of para-hydroxylation sites is 2. The summed E-state index contributed by atoms with van der Waals surface area (Å²) in [5.41, 5.74) is 4.93. The van der Waals surface area contributed by atoms with Crippen molar-refractivity contribution >= 4 is 18.0 Å². The van der Waals surface area contributed by atoms with Crippen molar-refractivity contribution in [3.05, 3.63) is 66.2 Å². The molecule has 0 spiro atoms. The quantitative estimate of drug-likeness (QED) is 0.648. The van der Waals surface area contributed by atoms with E-state index in [1.54, 1.807) is 13.3 Å². The molecule has 1 N–H and O–H groups in total. The zero-order chi connectivity index (χ0) is 13.3. The van der Waals surface area contributed by atoms with Crippen molar-refractivity contribution < 1.29 is 4.74 Å². The highest BCUT2D eigenvalue weighted by Crippen LogP contribution is 2.18. The molecule has 2 aromatic carbocycles. The molecule has 0 amide bonds. The van der Waals surface area contributed by atoms with Gasteiger partial charge in [-0.3, -0.25) is 5.43 Å². The van der Waals surface area contributed by atoms with Gasteiger partial charge in [-0.25, -0.2) is 0 Å². The minimum Gasteiger partial charge on any atom is -0.496 e. The molecule has 0 aromatic heterocycles. The molecule has 0 saturated heterocycles. The molecule has 3 heteroatoms. The average Bonchev–Trinajstić information content (AvgIpc) is 2.48. The van der Waals surface area contributed by atoms with Gasteiger partial charge < -0.3 is 4.74 Å². The fourth-order valence-corrected chi connectivity index (χ4v) is 1.62. The maximum absolute atomic E-state index is 5.26. The van der Waals surface area contributed by atoms with Gasteiger partial charge >= 0.3 is 0 Å². The van der Waals surface area contributed by atoms with E-state index in [0.29, 0.717) is 0 Å². The van der Waals surface area contributed by atoms with Crippen LogP contribution in [0.15, 0.2) is 65.8 Å². The minimum absolute atomic E-state index is 0.850. The van der Waals surface area contributed by atoms with E-state index >= 15 is 0 Å². The fraction of sp³-hybridized carbons (Fsp3) is 0.0625. The highest BCUT2D eigenvalue weighted by molar-refractivity contribution is 5.79. The molecule has 0 atom stereocenters. The van der Waals surface area contributed by atoms with Crippen LogP contribution in [0.3, 0.4) is 0 Å². The third-order valence-electron chi connectivity index (χ3n) is 2.54. The Morgan fingerprint density at radius 1 is 1.00 bits per heavy atom. The summed E-state index contributed by atoms with van der Waals surface area (Å²) in [5, 5.41) is 4.11. The van der Waals surface area contributed by atoms with Crippen molar-refractivity contribution in [2.24, 2.45) is 5.10 Å². The number of ether oxygens (including phenoxy) is 1. The summed E-state index contributed by atoms with van der Waals surface area (Å²) in [7, 11) is 1.66. The summed E-state index contributed by atoms with van der Waals surface area (Å²) in [6, 6.07) is 17.7. The van der Waals surface area contributed by atoms with Gasteiger partial charge in [0.2, 0.25) is 0 Å². The van der Waals surface area contributed by atoms with Crippen molar-refractivity contribution in [1.82, 2.24) is 0 Å². The van der Waals surface area contributed by atoms with Crippen molar-refractivity contribution in [2.45, 2.75) is 0 Å². The maximum atomic E-state index is 5.26. The second kappa shape index (κ2) is 7.01. The molecule has 0 bridgehead atoms. The SMILES string of the molecule is COc1ccccc1/C=C/C=N/Nc1ccccc1. The second-order valence-electron chi connectivity index (χ2n) is 3.86. The van der Waals surface area contributed by atoms with E-state index in [1.165, 1.54) is 0 Å². The number of allylic oxidation sites excluding steroid dienone is 1. The van der Waals surface area contributed by atoms with Crippen LogP contribution in [0.5, 0.6) is 5.75 Å². The van der Waals surface area contributed by atoms with Gasteiger partial charge in [0.1, 0.15) is 5.75 Å². The summed E-state index contributed by atoms with van der Waals surface area (Å²) in [6.45, 7) is 0. The smallest absolute Gasteiger partial charge is 0.126 e. The van der Waals surface area contributed by atoms with E-state index in [2.05, 4.69) is 10.5 Å². The fourth-order valence-electron chi connectivity index (χ4n) is 1.62. The highest BCUT2D eigenvalue weighted by atomic mass is 16.5. The Morgan fingerprint density at radius 2 is 1.74 bits per heavy atom. The zero-order valence-corrected chi connectivity index (χ0v) is 10.8. The molecule has 2 rings (SSSR count). The normalized spacial score (nSPS) is 11.0. The Labute approximate surface area is 113 Å². The first kappa shape index (κ1) is 12.9. The van der Waals surface area contributed by atoms with E-state index in [0.717, 1.165) is 17.0 Å². The lowest BCUT2D eigenvalue weighted by Gasteiger charge is -2.02. The number of anilines is 1. The summed E-state index contributed by atoms with van der Waals surface area (Å²) in [6.07, 6.45) is 5.53. The van der Waals surface area contributed by atoms with Gasteiger partial charge in [-0.05, 0) is 30.4 Å². The number of nitrogens with zero attached hydrogens (tertiary/aromatic N) is 1. The van der Waals surface area contributed by atoms with Gasteiger partial charge in [-0.1, -0.05) is 36.4 Å². The van der Waals surface area contributed by atoms with Crippen LogP contribution in [0.25, 0.3) is 6.08 Å². The topological polar surface area (TPSA) is 33.6 Å². The van der Waals surface area contributed by atoms with Gasteiger partial charge in [-0.15, -0.1) is 0 Å². The van der Waals surface area contributed by atoms with E-state index < -0.39 is 0 Å². The lowest BCUT2D eigenvalue weighted by atomic mass is 10.2. The van der Waals surface area contributed by atoms with E-state index in [1.807, 2.05) is 66.7 Å². The van der Waals surface area contributed by atoms with Gasteiger partial charge in [0.05, 0.1) is 12.8 Å². The molecule has 0 fully saturated rings. The van der Waals surface area contributed by atoms with Crippen LogP contribution in [-0.4, -0.2) is 13.3 Å². The van der Waals surface area contributed by atoms with Crippen LogP contribution in [0.2, 0.25) is 0 Å². The number of nitrogens with one attached hydrogen (secondary N) is 1. The summed E-state index contributed by atoms with van der Waals surface area (Å²) in [4.78, 5) is 0. The molecule has 0 aliphatic heterocycles. The van der Waals surface area contributed by atoms with Crippen molar-refractivity contribution in [2.75, 3.05) is 12.5 Å². The molecule has 0 unspecified atom stereocenters. The maximum Gasteiger partial charge on any atom is 0.126 e. The average molecular weight is 252 g/mol. The number of rotatable bonds is 5. The van der Waals surface area contributed by atoms with Gasteiger partial charge in [0.25, 0.3) is 0 Å². The molecule has 2 aromatic rings. The number of benzene rings is 2. The Hall–Kier alpha value is -2.55. The van der Waals surface area contributed by atoms with Crippen LogP contribution in [0.1, 0.15) is 5.56 Å². The summed E-state index contributed by atoms with van der Waals surface area (Å²) in [5.74, 6) is 0.850.